The highest BCUT2D eigenvalue weighted by Crippen LogP contribution is 2.13. The number of carbonyl (C=O) groups is 2. The van der Waals surface area contributed by atoms with E-state index in [2.05, 4.69) is 98.9 Å². The summed E-state index contributed by atoms with van der Waals surface area (Å²) in [6, 6.07) is 0. The Labute approximate surface area is 326 Å². The number of ether oxygens (including phenoxy) is 2. The second-order valence-corrected chi connectivity index (χ2v) is 14.0. The first-order chi connectivity index (χ1) is 26.1. The van der Waals surface area contributed by atoms with Crippen molar-refractivity contribution < 1.29 is 24.2 Å². The van der Waals surface area contributed by atoms with Crippen LogP contribution in [0.15, 0.2) is 85.1 Å². The maximum absolute atomic E-state index is 12.2. The molecule has 0 saturated carbocycles. The Kier molecular flexibility index (Phi) is 41.1. The highest BCUT2D eigenvalue weighted by atomic mass is 16.6. The molecule has 0 bridgehead atoms. The van der Waals surface area contributed by atoms with Gasteiger partial charge in [0, 0.05) is 12.8 Å². The lowest BCUT2D eigenvalue weighted by atomic mass is 10.1. The SMILES string of the molecule is CC/C=C\C/C=C\C/C=C\C/C=C\C/C=C\C/C=C\CCCCCCCCCCC(=O)OC(CO)COC(=O)CCCCCCC/C=C\CCCCC. The molecule has 302 valence electrons. The van der Waals surface area contributed by atoms with Gasteiger partial charge in [-0.1, -0.05) is 170 Å². The first-order valence-corrected chi connectivity index (χ1v) is 21.6. The third kappa shape index (κ3) is 41.7. The lowest BCUT2D eigenvalue weighted by molar-refractivity contribution is -0.161. The van der Waals surface area contributed by atoms with Crippen LogP contribution in [-0.2, 0) is 19.1 Å². The summed E-state index contributed by atoms with van der Waals surface area (Å²) in [4.78, 5) is 24.3. The van der Waals surface area contributed by atoms with Crippen molar-refractivity contribution >= 4 is 11.9 Å². The second-order valence-electron chi connectivity index (χ2n) is 14.0. The monoisotopic (exact) mass is 737 g/mol. The molecular formula is C48H80O5. The van der Waals surface area contributed by atoms with E-state index in [-0.39, 0.29) is 25.2 Å². The van der Waals surface area contributed by atoms with Crippen molar-refractivity contribution in [3.63, 3.8) is 0 Å². The van der Waals surface area contributed by atoms with Crippen LogP contribution in [-0.4, -0.2) is 36.4 Å². The van der Waals surface area contributed by atoms with Crippen LogP contribution in [0.5, 0.6) is 0 Å². The highest BCUT2D eigenvalue weighted by Gasteiger charge is 2.16. The van der Waals surface area contributed by atoms with Gasteiger partial charge in [0.1, 0.15) is 6.61 Å². The Balaban J connectivity index is 3.60. The van der Waals surface area contributed by atoms with Crippen LogP contribution in [0.25, 0.3) is 0 Å². The average Bonchev–Trinajstić information content (AvgIpc) is 3.16. The normalized spacial score (nSPS) is 13.0. The standard InChI is InChI=1S/C48H80O5/c1-3-5-7-9-11-13-15-17-18-19-20-21-22-23-24-25-26-27-28-29-30-31-33-35-37-39-41-43-48(51)53-46(44-49)45-52-47(50)42-40-38-36-34-32-16-14-12-10-8-6-4-2/h5,7,11-14,17-18,20-21,23-24,26-27,46,49H,3-4,6,8-10,15-16,19,22,25,28-45H2,1-2H3/b7-5-,13-11-,14-12-,18-17-,21-20-,24-23-,27-26-. The largest absolute Gasteiger partial charge is 0.462 e. The van der Waals surface area contributed by atoms with Gasteiger partial charge in [0.2, 0.25) is 0 Å². The molecule has 1 unspecified atom stereocenters. The fourth-order valence-corrected chi connectivity index (χ4v) is 5.67. The zero-order valence-corrected chi connectivity index (χ0v) is 34.2. The smallest absolute Gasteiger partial charge is 0.306 e. The summed E-state index contributed by atoms with van der Waals surface area (Å²) in [6.07, 6.45) is 59.4. The van der Waals surface area contributed by atoms with Gasteiger partial charge in [-0.3, -0.25) is 9.59 Å². The van der Waals surface area contributed by atoms with Crippen molar-refractivity contribution in [1.82, 2.24) is 0 Å². The lowest BCUT2D eigenvalue weighted by Crippen LogP contribution is -2.28. The molecule has 0 radical (unpaired) electrons. The molecule has 1 N–H and O–H groups in total. The van der Waals surface area contributed by atoms with Crippen LogP contribution >= 0.6 is 0 Å². The third-order valence-corrected chi connectivity index (χ3v) is 8.92. The number of aliphatic hydroxyl groups is 1. The first-order valence-electron chi connectivity index (χ1n) is 21.6. The van der Waals surface area contributed by atoms with Gasteiger partial charge in [-0.05, 0) is 89.9 Å². The summed E-state index contributed by atoms with van der Waals surface area (Å²) < 4.78 is 10.6. The summed E-state index contributed by atoms with van der Waals surface area (Å²) in [7, 11) is 0. The highest BCUT2D eigenvalue weighted by molar-refractivity contribution is 5.70. The van der Waals surface area contributed by atoms with Crippen LogP contribution in [0.2, 0.25) is 0 Å². The molecule has 0 rings (SSSR count). The molecule has 0 aliphatic rings. The molecule has 0 heterocycles. The predicted molar refractivity (Wildman–Crippen MR) is 228 cm³/mol. The number of allylic oxidation sites excluding steroid dienone is 14. The summed E-state index contributed by atoms with van der Waals surface area (Å²) in [5.74, 6) is -0.617. The minimum absolute atomic E-state index is 0.0776. The van der Waals surface area contributed by atoms with Crippen LogP contribution in [0.1, 0.15) is 187 Å². The van der Waals surface area contributed by atoms with E-state index in [1.165, 1.54) is 70.6 Å². The van der Waals surface area contributed by atoms with Crippen molar-refractivity contribution in [3.05, 3.63) is 85.1 Å². The molecule has 5 nitrogen and oxygen atoms in total. The van der Waals surface area contributed by atoms with Crippen molar-refractivity contribution in [2.24, 2.45) is 0 Å². The van der Waals surface area contributed by atoms with E-state index in [0.29, 0.717) is 12.8 Å². The third-order valence-electron chi connectivity index (χ3n) is 8.92. The van der Waals surface area contributed by atoms with E-state index in [1.807, 2.05) is 0 Å². The van der Waals surface area contributed by atoms with Gasteiger partial charge < -0.3 is 14.6 Å². The fraction of sp³-hybridized carbons (Fsp3) is 0.667. The van der Waals surface area contributed by atoms with Crippen molar-refractivity contribution in [2.45, 2.75) is 193 Å². The van der Waals surface area contributed by atoms with Gasteiger partial charge in [0.05, 0.1) is 6.61 Å². The number of hydrogen-bond acceptors (Lipinski definition) is 5. The van der Waals surface area contributed by atoms with Crippen molar-refractivity contribution in [2.75, 3.05) is 13.2 Å². The van der Waals surface area contributed by atoms with E-state index in [0.717, 1.165) is 89.9 Å². The van der Waals surface area contributed by atoms with Crippen LogP contribution < -0.4 is 0 Å². The number of hydrogen-bond donors (Lipinski definition) is 1. The van der Waals surface area contributed by atoms with Crippen LogP contribution in [0, 0.1) is 0 Å². The van der Waals surface area contributed by atoms with Gasteiger partial charge in [-0.15, -0.1) is 0 Å². The van der Waals surface area contributed by atoms with Gasteiger partial charge in [0.25, 0.3) is 0 Å². The maximum atomic E-state index is 12.2. The molecule has 0 aromatic carbocycles. The molecule has 1 atom stereocenters. The number of carbonyl (C=O) groups excluding carboxylic acids is 2. The Hall–Kier alpha value is -2.92. The second kappa shape index (κ2) is 43.5. The quantitative estimate of drug-likeness (QED) is 0.0388. The Morgan fingerprint density at radius 1 is 0.453 bits per heavy atom. The minimum atomic E-state index is -0.783. The number of unbranched alkanes of at least 4 members (excludes halogenated alkanes) is 16. The summed E-state index contributed by atoms with van der Waals surface area (Å²) >= 11 is 0. The number of rotatable bonds is 38. The number of aliphatic hydroxyl groups excluding tert-OH is 1. The molecular weight excluding hydrogens is 657 g/mol. The predicted octanol–water partition coefficient (Wildman–Crippen LogP) is 13.9. The summed E-state index contributed by atoms with van der Waals surface area (Å²) in [5.41, 5.74) is 0. The summed E-state index contributed by atoms with van der Waals surface area (Å²) in [5, 5.41) is 9.57. The topological polar surface area (TPSA) is 72.8 Å². The summed E-state index contributed by atoms with van der Waals surface area (Å²) in [6.45, 7) is 3.97. The Morgan fingerprint density at radius 3 is 1.25 bits per heavy atom. The maximum Gasteiger partial charge on any atom is 0.306 e. The molecule has 0 fully saturated rings. The molecule has 0 spiro atoms. The molecule has 0 aromatic rings. The van der Waals surface area contributed by atoms with Gasteiger partial charge in [-0.2, -0.15) is 0 Å². The van der Waals surface area contributed by atoms with Crippen molar-refractivity contribution in [3.8, 4) is 0 Å². The van der Waals surface area contributed by atoms with Gasteiger partial charge in [0.15, 0.2) is 6.10 Å². The molecule has 0 aliphatic carbocycles. The molecule has 5 heteroatoms. The van der Waals surface area contributed by atoms with E-state index in [4.69, 9.17) is 9.47 Å². The zero-order valence-electron chi connectivity index (χ0n) is 34.2. The molecule has 0 aliphatic heterocycles. The number of esters is 2. The van der Waals surface area contributed by atoms with E-state index < -0.39 is 6.10 Å². The van der Waals surface area contributed by atoms with E-state index in [9.17, 15) is 14.7 Å². The molecule has 0 saturated heterocycles. The zero-order chi connectivity index (χ0) is 38.6. The van der Waals surface area contributed by atoms with Gasteiger partial charge in [-0.25, -0.2) is 0 Å². The van der Waals surface area contributed by atoms with E-state index >= 15 is 0 Å². The Bertz CT molecular complexity index is 1010. The van der Waals surface area contributed by atoms with Crippen LogP contribution in [0.3, 0.4) is 0 Å². The van der Waals surface area contributed by atoms with Crippen LogP contribution in [0.4, 0.5) is 0 Å². The van der Waals surface area contributed by atoms with Gasteiger partial charge >= 0.3 is 11.9 Å². The van der Waals surface area contributed by atoms with E-state index in [1.54, 1.807) is 0 Å². The first kappa shape index (κ1) is 50.1. The molecule has 0 amide bonds. The Morgan fingerprint density at radius 2 is 0.811 bits per heavy atom. The lowest BCUT2D eigenvalue weighted by Gasteiger charge is -2.15. The average molecular weight is 737 g/mol. The van der Waals surface area contributed by atoms with Crippen molar-refractivity contribution in [1.29, 1.82) is 0 Å². The fourth-order valence-electron chi connectivity index (χ4n) is 5.67. The molecule has 53 heavy (non-hydrogen) atoms. The minimum Gasteiger partial charge on any atom is -0.462 e. The molecule has 0 aromatic heterocycles.